The Morgan fingerprint density at radius 3 is 2.00 bits per heavy atom. The lowest BCUT2D eigenvalue weighted by molar-refractivity contribution is -0.137. The van der Waals surface area contributed by atoms with Crippen LogP contribution in [0.3, 0.4) is 0 Å². The van der Waals surface area contributed by atoms with Crippen LogP contribution in [0.5, 0.6) is 0 Å². The van der Waals surface area contributed by atoms with Gasteiger partial charge in [-0.05, 0) is 41.3 Å². The predicted octanol–water partition coefficient (Wildman–Crippen LogP) is 4.11. The van der Waals surface area contributed by atoms with Crippen LogP contribution in [0.2, 0.25) is 0 Å². The van der Waals surface area contributed by atoms with E-state index >= 15 is 0 Å². The molecule has 0 saturated carbocycles. The van der Waals surface area contributed by atoms with Crippen molar-refractivity contribution in [2.24, 2.45) is 0 Å². The van der Waals surface area contributed by atoms with Gasteiger partial charge in [0.15, 0.2) is 0 Å². The molecular weight excluding hydrogens is 459 g/mol. The quantitative estimate of drug-likeness (QED) is 0.688. The summed E-state index contributed by atoms with van der Waals surface area (Å²) in [5.74, 6) is -0.901. The van der Waals surface area contributed by atoms with Gasteiger partial charge in [0.05, 0.1) is 5.56 Å². The molecule has 3 amide bonds. The summed E-state index contributed by atoms with van der Waals surface area (Å²) in [5.41, 5.74) is 0.729. The maximum Gasteiger partial charge on any atom is 0.416 e. The minimum absolute atomic E-state index is 0.0108. The number of piperazine rings is 1. The second kappa shape index (κ2) is 10.5. The average molecular weight is 490 g/mol. The van der Waals surface area contributed by atoms with Crippen LogP contribution in [0.4, 0.5) is 13.2 Å². The molecule has 1 fully saturated rings. The smallest absolute Gasteiger partial charge is 0.352 e. The van der Waals surface area contributed by atoms with Gasteiger partial charge in [-0.2, -0.15) is 13.2 Å². The number of carbonyl (C=O) groups excluding carboxylic acids is 3. The Bertz CT molecular complexity index is 1070. The number of benzene rings is 2. The van der Waals surface area contributed by atoms with Crippen molar-refractivity contribution in [3.8, 4) is 0 Å². The lowest BCUT2D eigenvalue weighted by Crippen LogP contribution is -2.51. The zero-order valence-electron chi connectivity index (χ0n) is 20.1. The Morgan fingerprint density at radius 1 is 0.829 bits per heavy atom. The van der Waals surface area contributed by atoms with Gasteiger partial charge < -0.3 is 15.1 Å². The molecule has 0 aliphatic carbocycles. The molecule has 0 aromatic heterocycles. The molecule has 0 unspecified atom stereocenters. The van der Waals surface area contributed by atoms with Gasteiger partial charge in [-0.3, -0.25) is 14.4 Å². The lowest BCUT2D eigenvalue weighted by Gasteiger charge is -2.35. The van der Waals surface area contributed by atoms with E-state index in [1.165, 1.54) is 17.0 Å². The average Bonchev–Trinajstić information content (AvgIpc) is 2.82. The van der Waals surface area contributed by atoms with Crippen molar-refractivity contribution in [2.45, 2.75) is 38.8 Å². The molecular formula is C26H30F3N3O3. The Labute approximate surface area is 203 Å². The Morgan fingerprint density at radius 2 is 1.43 bits per heavy atom. The predicted molar refractivity (Wildman–Crippen MR) is 126 cm³/mol. The third-order valence-corrected chi connectivity index (χ3v) is 5.99. The monoisotopic (exact) mass is 489 g/mol. The van der Waals surface area contributed by atoms with Crippen LogP contribution < -0.4 is 5.32 Å². The maximum atomic E-state index is 12.9. The van der Waals surface area contributed by atoms with E-state index in [4.69, 9.17) is 0 Å². The van der Waals surface area contributed by atoms with Gasteiger partial charge in [0, 0.05) is 50.3 Å². The van der Waals surface area contributed by atoms with Crippen LogP contribution in [0.15, 0.2) is 48.5 Å². The fourth-order valence-electron chi connectivity index (χ4n) is 3.83. The number of nitrogens with one attached hydrogen (secondary N) is 1. The van der Waals surface area contributed by atoms with E-state index in [9.17, 15) is 27.6 Å². The topological polar surface area (TPSA) is 69.7 Å². The summed E-state index contributed by atoms with van der Waals surface area (Å²) in [4.78, 5) is 40.5. The molecule has 3 rings (SSSR count). The van der Waals surface area contributed by atoms with Gasteiger partial charge in [0.1, 0.15) is 0 Å². The number of hydrogen-bond donors (Lipinski definition) is 1. The van der Waals surface area contributed by atoms with Crippen LogP contribution in [-0.2, 0) is 16.4 Å². The molecule has 1 saturated heterocycles. The van der Waals surface area contributed by atoms with E-state index in [-0.39, 0.29) is 61.9 Å². The highest BCUT2D eigenvalue weighted by Gasteiger charge is 2.32. The molecule has 1 heterocycles. The summed E-state index contributed by atoms with van der Waals surface area (Å²) < 4.78 is 38.8. The second-order valence-electron chi connectivity index (χ2n) is 9.58. The van der Waals surface area contributed by atoms with E-state index in [2.05, 4.69) is 26.1 Å². The highest BCUT2D eigenvalue weighted by Crippen LogP contribution is 2.30. The lowest BCUT2D eigenvalue weighted by atomic mass is 9.87. The summed E-state index contributed by atoms with van der Waals surface area (Å²) in [6.07, 6.45) is -4.40. The van der Waals surface area contributed by atoms with E-state index < -0.39 is 17.6 Å². The summed E-state index contributed by atoms with van der Waals surface area (Å²) in [5, 5.41) is 2.75. The Balaban J connectivity index is 1.45. The minimum Gasteiger partial charge on any atom is -0.352 e. The SMILES string of the molecule is CC(C)(C)c1ccc(C(=O)NCCC(=O)N2CCN(C(=O)c3cccc(C(F)(F)F)c3)CC2)cc1. The van der Waals surface area contributed by atoms with Crippen molar-refractivity contribution in [3.05, 3.63) is 70.8 Å². The van der Waals surface area contributed by atoms with Gasteiger partial charge >= 0.3 is 6.18 Å². The molecule has 1 N–H and O–H groups in total. The first-order valence-electron chi connectivity index (χ1n) is 11.5. The van der Waals surface area contributed by atoms with E-state index in [1.807, 2.05) is 12.1 Å². The first-order valence-corrected chi connectivity index (χ1v) is 11.5. The van der Waals surface area contributed by atoms with E-state index in [0.717, 1.165) is 17.7 Å². The fourth-order valence-corrected chi connectivity index (χ4v) is 3.83. The molecule has 2 aromatic rings. The van der Waals surface area contributed by atoms with Crippen molar-refractivity contribution in [3.63, 3.8) is 0 Å². The highest BCUT2D eigenvalue weighted by molar-refractivity contribution is 5.95. The largest absolute Gasteiger partial charge is 0.416 e. The van der Waals surface area contributed by atoms with Crippen LogP contribution in [0.25, 0.3) is 0 Å². The van der Waals surface area contributed by atoms with Gasteiger partial charge in [-0.15, -0.1) is 0 Å². The van der Waals surface area contributed by atoms with Gasteiger partial charge in [-0.25, -0.2) is 0 Å². The molecule has 0 atom stereocenters. The summed E-state index contributed by atoms with van der Waals surface area (Å²) in [6.45, 7) is 7.48. The van der Waals surface area contributed by atoms with Crippen LogP contribution in [-0.4, -0.2) is 60.2 Å². The third-order valence-electron chi connectivity index (χ3n) is 5.99. The zero-order chi connectivity index (χ0) is 25.8. The third kappa shape index (κ3) is 6.83. The van der Waals surface area contributed by atoms with Crippen molar-refractivity contribution >= 4 is 17.7 Å². The minimum atomic E-state index is -4.52. The number of rotatable bonds is 5. The molecule has 0 radical (unpaired) electrons. The molecule has 9 heteroatoms. The van der Waals surface area contributed by atoms with Crippen LogP contribution in [0.1, 0.15) is 59.0 Å². The number of nitrogens with zero attached hydrogens (tertiary/aromatic N) is 2. The normalized spacial score (nSPS) is 14.6. The van der Waals surface area contributed by atoms with Crippen LogP contribution in [0, 0.1) is 0 Å². The summed E-state index contributed by atoms with van der Waals surface area (Å²) in [6, 6.07) is 11.7. The number of hydrogen-bond acceptors (Lipinski definition) is 3. The highest BCUT2D eigenvalue weighted by atomic mass is 19.4. The van der Waals surface area contributed by atoms with Crippen molar-refractivity contribution in [1.29, 1.82) is 0 Å². The summed E-state index contributed by atoms with van der Waals surface area (Å²) >= 11 is 0. The summed E-state index contributed by atoms with van der Waals surface area (Å²) in [7, 11) is 0. The van der Waals surface area contributed by atoms with Gasteiger partial charge in [0.2, 0.25) is 5.91 Å². The Kier molecular flexibility index (Phi) is 7.87. The van der Waals surface area contributed by atoms with Crippen molar-refractivity contribution < 1.29 is 27.6 Å². The number of amides is 3. The second-order valence-corrected chi connectivity index (χ2v) is 9.58. The molecule has 0 bridgehead atoms. The van der Waals surface area contributed by atoms with Gasteiger partial charge in [0.25, 0.3) is 11.8 Å². The fraction of sp³-hybridized carbons (Fsp3) is 0.423. The Hall–Kier alpha value is -3.36. The standard InChI is InChI=1S/C26H30F3N3O3/c1-25(2,3)20-9-7-18(8-10-20)23(34)30-12-11-22(33)31-13-15-32(16-14-31)24(35)19-5-4-6-21(17-19)26(27,28)29/h4-10,17H,11-16H2,1-3H3,(H,30,34). The molecule has 1 aliphatic rings. The maximum absolute atomic E-state index is 12.9. The molecule has 188 valence electrons. The molecule has 1 aliphatic heterocycles. The van der Waals surface area contributed by atoms with E-state index in [1.54, 1.807) is 17.0 Å². The van der Waals surface area contributed by atoms with Gasteiger partial charge in [-0.1, -0.05) is 39.0 Å². The number of alkyl halides is 3. The molecule has 6 nitrogen and oxygen atoms in total. The van der Waals surface area contributed by atoms with Crippen molar-refractivity contribution in [2.75, 3.05) is 32.7 Å². The first-order chi connectivity index (χ1) is 16.4. The molecule has 0 spiro atoms. The molecule has 35 heavy (non-hydrogen) atoms. The zero-order valence-corrected chi connectivity index (χ0v) is 20.1. The number of halogens is 3. The number of carbonyl (C=O) groups is 3. The van der Waals surface area contributed by atoms with Crippen LogP contribution >= 0.6 is 0 Å². The first kappa shape index (κ1) is 26.2. The van der Waals surface area contributed by atoms with E-state index in [0.29, 0.717) is 5.56 Å². The molecule has 2 aromatic carbocycles. The van der Waals surface area contributed by atoms with Crippen molar-refractivity contribution in [1.82, 2.24) is 15.1 Å².